The van der Waals surface area contributed by atoms with Crippen molar-refractivity contribution in [2.24, 2.45) is 0 Å². The molecule has 1 aliphatic heterocycles. The summed E-state index contributed by atoms with van der Waals surface area (Å²) in [5.74, 6) is 2.30. The quantitative estimate of drug-likeness (QED) is 0.501. The first-order chi connectivity index (χ1) is 14.2. The highest BCUT2D eigenvalue weighted by molar-refractivity contribution is 7.20. The molecule has 0 spiro atoms. The van der Waals surface area contributed by atoms with Crippen molar-refractivity contribution in [2.75, 3.05) is 18.0 Å². The van der Waals surface area contributed by atoms with Crippen LogP contribution in [0, 0.1) is 5.82 Å². The van der Waals surface area contributed by atoms with Crippen LogP contribution in [0.5, 0.6) is 0 Å². The third-order valence-electron chi connectivity index (χ3n) is 5.69. The Balaban J connectivity index is 1.15. The van der Waals surface area contributed by atoms with E-state index >= 15 is 0 Å². The van der Waals surface area contributed by atoms with Crippen LogP contribution in [0.3, 0.4) is 0 Å². The average Bonchev–Trinajstić information content (AvgIpc) is 3.15. The highest BCUT2D eigenvalue weighted by Gasteiger charge is 2.32. The van der Waals surface area contributed by atoms with Gasteiger partial charge in [-0.15, -0.1) is 5.10 Å². The number of imidazole rings is 1. The summed E-state index contributed by atoms with van der Waals surface area (Å²) in [6, 6.07) is 6.37. The van der Waals surface area contributed by atoms with E-state index in [1.54, 1.807) is 23.5 Å². The van der Waals surface area contributed by atoms with E-state index in [0.29, 0.717) is 11.8 Å². The zero-order valence-corrected chi connectivity index (χ0v) is 16.5. The van der Waals surface area contributed by atoms with Gasteiger partial charge in [0.1, 0.15) is 5.82 Å². The number of halogens is 1. The predicted molar refractivity (Wildman–Crippen MR) is 107 cm³/mol. The maximum Gasteiger partial charge on any atom is 0.229 e. The Morgan fingerprint density at radius 1 is 1.00 bits per heavy atom. The minimum Gasteiger partial charge on any atom is -0.347 e. The van der Waals surface area contributed by atoms with Crippen molar-refractivity contribution in [1.82, 2.24) is 24.7 Å². The normalized spacial score (nSPS) is 18.0. The van der Waals surface area contributed by atoms with Crippen LogP contribution in [0.4, 0.5) is 9.52 Å². The van der Waals surface area contributed by atoms with Gasteiger partial charge >= 0.3 is 0 Å². The molecule has 2 fully saturated rings. The number of benzene rings is 1. The molecule has 6 rings (SSSR count). The molecule has 9 heteroatoms. The molecule has 29 heavy (non-hydrogen) atoms. The van der Waals surface area contributed by atoms with Crippen LogP contribution in [-0.4, -0.2) is 37.8 Å². The number of hydrogen-bond donors (Lipinski definition) is 0. The van der Waals surface area contributed by atoms with Gasteiger partial charge in [0.05, 0.1) is 11.9 Å². The summed E-state index contributed by atoms with van der Waals surface area (Å²) in [6.45, 7) is 1.83. The lowest BCUT2D eigenvalue weighted by Gasteiger charge is -2.29. The van der Waals surface area contributed by atoms with Crippen LogP contribution in [0.2, 0.25) is 0 Å². The van der Waals surface area contributed by atoms with Crippen molar-refractivity contribution in [3.8, 4) is 11.3 Å². The zero-order chi connectivity index (χ0) is 19.4. The van der Waals surface area contributed by atoms with Gasteiger partial charge in [-0.3, -0.25) is 0 Å². The predicted octanol–water partition coefficient (Wildman–Crippen LogP) is 4.24. The Kier molecular flexibility index (Phi) is 3.90. The van der Waals surface area contributed by atoms with Gasteiger partial charge < -0.3 is 9.42 Å². The average molecular weight is 410 g/mol. The minimum atomic E-state index is -0.247. The Morgan fingerprint density at radius 2 is 1.79 bits per heavy atom. The molecule has 0 unspecified atom stereocenters. The molecule has 0 N–H and O–H groups in total. The maximum absolute atomic E-state index is 13.1. The van der Waals surface area contributed by atoms with E-state index in [-0.39, 0.29) is 5.82 Å². The summed E-state index contributed by atoms with van der Waals surface area (Å²) in [4.78, 5) is 12.4. The monoisotopic (exact) mass is 410 g/mol. The number of aromatic nitrogens is 5. The van der Waals surface area contributed by atoms with Gasteiger partial charge in [0.25, 0.3) is 0 Å². The second-order valence-corrected chi connectivity index (χ2v) is 8.71. The summed E-state index contributed by atoms with van der Waals surface area (Å²) in [6.07, 6.45) is 6.23. The number of rotatable bonds is 4. The smallest absolute Gasteiger partial charge is 0.229 e. The fourth-order valence-electron chi connectivity index (χ4n) is 3.82. The molecule has 3 aromatic heterocycles. The first kappa shape index (κ1) is 17.1. The van der Waals surface area contributed by atoms with E-state index in [0.717, 1.165) is 59.0 Å². The summed E-state index contributed by atoms with van der Waals surface area (Å²) in [5.41, 5.74) is 1.69. The number of piperidine rings is 1. The summed E-state index contributed by atoms with van der Waals surface area (Å²) in [7, 11) is 0. The SMILES string of the molecule is Fc1ccc(-c2cn3nc(N4CCC(c5noc(C6CC6)n5)CC4)sc3n2)cc1. The molecule has 1 saturated heterocycles. The molecule has 1 aromatic carbocycles. The van der Waals surface area contributed by atoms with Crippen molar-refractivity contribution >= 4 is 21.4 Å². The van der Waals surface area contributed by atoms with Crippen molar-refractivity contribution < 1.29 is 8.91 Å². The zero-order valence-electron chi connectivity index (χ0n) is 15.7. The van der Waals surface area contributed by atoms with E-state index in [9.17, 15) is 4.39 Å². The number of fused-ring (bicyclic) bond motifs is 1. The molecule has 4 heterocycles. The Hall–Kier alpha value is -2.81. The van der Waals surface area contributed by atoms with Crippen LogP contribution < -0.4 is 4.90 Å². The molecular formula is C20H19FN6OS. The molecule has 148 valence electrons. The van der Waals surface area contributed by atoms with E-state index in [4.69, 9.17) is 9.62 Å². The standard InChI is InChI=1S/C20H19FN6OS/c21-15-5-3-12(4-6-15)16-11-27-19(22-16)29-20(24-27)26-9-7-13(8-10-26)17-23-18(28-25-17)14-1-2-14/h3-6,11,13-14H,1-2,7-10H2. The molecule has 0 amide bonds. The van der Waals surface area contributed by atoms with Gasteiger partial charge in [-0.25, -0.2) is 13.9 Å². The molecule has 0 atom stereocenters. The molecule has 0 bridgehead atoms. The lowest BCUT2D eigenvalue weighted by molar-refractivity contribution is 0.365. The lowest BCUT2D eigenvalue weighted by Crippen LogP contribution is -2.33. The Bertz CT molecular complexity index is 1120. The molecule has 1 aliphatic carbocycles. The number of hydrogen-bond acceptors (Lipinski definition) is 7. The van der Waals surface area contributed by atoms with Gasteiger partial charge in [-0.05, 0) is 49.9 Å². The lowest BCUT2D eigenvalue weighted by atomic mass is 9.96. The molecule has 7 nitrogen and oxygen atoms in total. The molecule has 0 radical (unpaired) electrons. The van der Waals surface area contributed by atoms with Crippen molar-refractivity contribution in [3.63, 3.8) is 0 Å². The summed E-state index contributed by atoms with van der Waals surface area (Å²) >= 11 is 1.58. The third-order valence-corrected chi connectivity index (χ3v) is 6.67. The molecular weight excluding hydrogens is 391 g/mol. The fraction of sp³-hybridized carbons (Fsp3) is 0.400. The Labute approximate surface area is 170 Å². The second-order valence-electron chi connectivity index (χ2n) is 7.77. The van der Waals surface area contributed by atoms with Crippen molar-refractivity contribution in [1.29, 1.82) is 0 Å². The highest BCUT2D eigenvalue weighted by Crippen LogP contribution is 2.40. The van der Waals surface area contributed by atoms with Crippen molar-refractivity contribution in [3.05, 3.63) is 48.0 Å². The first-order valence-corrected chi connectivity index (χ1v) is 10.8. The van der Waals surface area contributed by atoms with Gasteiger partial charge in [-0.2, -0.15) is 4.98 Å². The van der Waals surface area contributed by atoms with Gasteiger partial charge in [0, 0.05) is 30.5 Å². The van der Waals surface area contributed by atoms with Gasteiger partial charge in [0.15, 0.2) is 5.82 Å². The third kappa shape index (κ3) is 3.19. The summed E-state index contributed by atoms with van der Waals surface area (Å²) < 4.78 is 20.4. The summed E-state index contributed by atoms with van der Waals surface area (Å²) in [5, 5.41) is 9.90. The maximum atomic E-state index is 13.1. The molecule has 1 saturated carbocycles. The van der Waals surface area contributed by atoms with E-state index < -0.39 is 0 Å². The van der Waals surface area contributed by atoms with Gasteiger partial charge in [-0.1, -0.05) is 16.5 Å². The van der Waals surface area contributed by atoms with Gasteiger partial charge in [0.2, 0.25) is 16.0 Å². The topological polar surface area (TPSA) is 72.3 Å². The minimum absolute atomic E-state index is 0.247. The van der Waals surface area contributed by atoms with Crippen LogP contribution in [0.25, 0.3) is 16.2 Å². The van der Waals surface area contributed by atoms with Crippen LogP contribution >= 0.6 is 11.3 Å². The van der Waals surface area contributed by atoms with E-state index in [2.05, 4.69) is 20.0 Å². The highest BCUT2D eigenvalue weighted by atomic mass is 32.1. The van der Waals surface area contributed by atoms with Crippen LogP contribution in [-0.2, 0) is 0 Å². The van der Waals surface area contributed by atoms with E-state index in [1.807, 2.05) is 10.7 Å². The van der Waals surface area contributed by atoms with Crippen LogP contribution in [0.1, 0.15) is 49.2 Å². The fourth-order valence-corrected chi connectivity index (χ4v) is 4.75. The first-order valence-electron chi connectivity index (χ1n) is 9.93. The molecule has 4 aromatic rings. The Morgan fingerprint density at radius 3 is 2.52 bits per heavy atom. The van der Waals surface area contributed by atoms with Crippen molar-refractivity contribution in [2.45, 2.75) is 37.5 Å². The number of nitrogens with zero attached hydrogens (tertiary/aromatic N) is 6. The number of anilines is 1. The van der Waals surface area contributed by atoms with Crippen LogP contribution in [0.15, 0.2) is 35.0 Å². The van der Waals surface area contributed by atoms with E-state index in [1.165, 1.54) is 25.0 Å². The largest absolute Gasteiger partial charge is 0.347 e. The second kappa shape index (κ2) is 6.62. The molecule has 2 aliphatic rings.